The molecular weight excluding hydrogens is 200 g/mol. The Labute approximate surface area is 91.4 Å². The lowest BCUT2D eigenvalue weighted by molar-refractivity contribution is -0.125. The Bertz CT molecular complexity index is 165. The van der Waals surface area contributed by atoms with Crippen LogP contribution in [0.15, 0.2) is 0 Å². The van der Waals surface area contributed by atoms with Crippen LogP contribution in [0.3, 0.4) is 0 Å². The summed E-state index contributed by atoms with van der Waals surface area (Å²) in [4.78, 5) is 13.3. The molecule has 4 nitrogen and oxygen atoms in total. The molecule has 0 saturated heterocycles. The van der Waals surface area contributed by atoms with Crippen molar-refractivity contribution in [1.82, 2.24) is 10.2 Å². The summed E-state index contributed by atoms with van der Waals surface area (Å²) in [5, 5.41) is 2.79. The number of carbonyl (C=O) groups excluding carboxylic acids is 1. The van der Waals surface area contributed by atoms with Crippen molar-refractivity contribution in [2.75, 3.05) is 39.6 Å². The molecule has 0 aromatic heterocycles. The summed E-state index contributed by atoms with van der Waals surface area (Å²) >= 11 is 4.00. The van der Waals surface area contributed by atoms with Crippen LogP contribution in [0.5, 0.6) is 0 Å². The molecule has 1 unspecified atom stereocenters. The first-order valence-corrected chi connectivity index (χ1v) is 5.35. The molecule has 0 aliphatic carbocycles. The Hall–Kier alpha value is -0.260. The molecule has 1 amide bonds. The van der Waals surface area contributed by atoms with Crippen molar-refractivity contribution in [3.63, 3.8) is 0 Å². The first-order chi connectivity index (χ1) is 6.59. The first kappa shape index (κ1) is 13.7. The first-order valence-electron chi connectivity index (χ1n) is 4.72. The van der Waals surface area contributed by atoms with E-state index in [1.165, 1.54) is 0 Å². The number of nitrogens with zero attached hydrogens (tertiary/aromatic N) is 1. The van der Waals surface area contributed by atoms with E-state index in [9.17, 15) is 4.79 Å². The molecule has 0 heterocycles. The van der Waals surface area contributed by atoms with Crippen molar-refractivity contribution >= 4 is 18.5 Å². The number of carbonyl (C=O) groups is 1. The van der Waals surface area contributed by atoms with Gasteiger partial charge in [-0.1, -0.05) is 0 Å². The van der Waals surface area contributed by atoms with Crippen LogP contribution in [0.2, 0.25) is 0 Å². The third-order valence-electron chi connectivity index (χ3n) is 1.94. The van der Waals surface area contributed by atoms with E-state index in [1.54, 1.807) is 0 Å². The predicted octanol–water partition coefficient (Wildman–Crippen LogP) is -0.000900. The number of likely N-dealkylation sites (N-methyl/N-ethyl adjacent to an activating group) is 1. The van der Waals surface area contributed by atoms with Crippen LogP contribution < -0.4 is 5.32 Å². The molecular formula is C9H20N2O2S. The van der Waals surface area contributed by atoms with Crippen LogP contribution in [0.4, 0.5) is 0 Å². The second-order valence-corrected chi connectivity index (χ2v) is 3.71. The third kappa shape index (κ3) is 6.23. The Kier molecular flexibility index (Phi) is 7.93. The molecule has 1 N–H and O–H groups in total. The van der Waals surface area contributed by atoms with Gasteiger partial charge in [-0.25, -0.2) is 0 Å². The number of ether oxygens (including phenoxy) is 1. The lowest BCUT2D eigenvalue weighted by Crippen LogP contribution is -2.42. The molecule has 0 aromatic carbocycles. The summed E-state index contributed by atoms with van der Waals surface area (Å²) in [6.07, 6.45) is 0. The fourth-order valence-corrected chi connectivity index (χ4v) is 0.924. The van der Waals surface area contributed by atoms with Crippen molar-refractivity contribution in [3.05, 3.63) is 0 Å². The van der Waals surface area contributed by atoms with Crippen molar-refractivity contribution in [2.24, 2.45) is 0 Å². The zero-order valence-corrected chi connectivity index (χ0v) is 10.0. The standard InChI is InChI=1S/C9H20N2O2S/c1-8(11(2)3)9(12)10-4-5-13-6-7-14/h8,14H,4-7H2,1-3H3,(H,10,12). The maximum Gasteiger partial charge on any atom is 0.237 e. The van der Waals surface area contributed by atoms with E-state index in [-0.39, 0.29) is 11.9 Å². The highest BCUT2D eigenvalue weighted by Crippen LogP contribution is 1.90. The summed E-state index contributed by atoms with van der Waals surface area (Å²) < 4.78 is 5.17. The Balaban J connectivity index is 3.44. The molecule has 0 saturated carbocycles. The highest BCUT2D eigenvalue weighted by atomic mass is 32.1. The van der Waals surface area contributed by atoms with Gasteiger partial charge >= 0.3 is 0 Å². The smallest absolute Gasteiger partial charge is 0.237 e. The molecule has 14 heavy (non-hydrogen) atoms. The van der Waals surface area contributed by atoms with Gasteiger partial charge in [0.15, 0.2) is 0 Å². The molecule has 5 heteroatoms. The minimum atomic E-state index is -0.0973. The number of nitrogens with one attached hydrogen (secondary N) is 1. The summed E-state index contributed by atoms with van der Waals surface area (Å²) in [6.45, 7) is 3.60. The van der Waals surface area contributed by atoms with Crippen LogP contribution in [-0.2, 0) is 9.53 Å². The van der Waals surface area contributed by atoms with Gasteiger partial charge in [0.25, 0.3) is 0 Å². The fourth-order valence-electron chi connectivity index (χ4n) is 0.795. The normalized spacial score (nSPS) is 12.9. The topological polar surface area (TPSA) is 41.6 Å². The van der Waals surface area contributed by atoms with Gasteiger partial charge in [0.1, 0.15) is 0 Å². The van der Waals surface area contributed by atoms with Crippen molar-refractivity contribution in [1.29, 1.82) is 0 Å². The lowest BCUT2D eigenvalue weighted by atomic mass is 10.3. The SMILES string of the molecule is CC(C(=O)NCCOCCS)N(C)C. The monoisotopic (exact) mass is 220 g/mol. The van der Waals surface area contributed by atoms with Gasteiger partial charge in [0, 0.05) is 12.3 Å². The van der Waals surface area contributed by atoms with Gasteiger partial charge in [-0.2, -0.15) is 12.6 Å². The van der Waals surface area contributed by atoms with Crippen LogP contribution in [0.25, 0.3) is 0 Å². The molecule has 84 valence electrons. The van der Waals surface area contributed by atoms with Crippen molar-refractivity contribution in [3.8, 4) is 0 Å². The quantitative estimate of drug-likeness (QED) is 0.469. The molecule has 0 radical (unpaired) electrons. The Morgan fingerprint density at radius 2 is 2.14 bits per heavy atom. The van der Waals surface area contributed by atoms with E-state index in [0.717, 1.165) is 0 Å². The minimum Gasteiger partial charge on any atom is -0.379 e. The third-order valence-corrected chi connectivity index (χ3v) is 2.12. The summed E-state index contributed by atoms with van der Waals surface area (Å²) in [5.74, 6) is 0.742. The van der Waals surface area contributed by atoms with Gasteiger partial charge in [-0.05, 0) is 21.0 Å². The molecule has 0 spiro atoms. The van der Waals surface area contributed by atoms with E-state index in [4.69, 9.17) is 4.74 Å². The van der Waals surface area contributed by atoms with Crippen molar-refractivity contribution in [2.45, 2.75) is 13.0 Å². The highest BCUT2D eigenvalue weighted by Gasteiger charge is 2.13. The van der Waals surface area contributed by atoms with E-state index < -0.39 is 0 Å². The van der Waals surface area contributed by atoms with E-state index in [1.807, 2.05) is 25.9 Å². The summed E-state index contributed by atoms with van der Waals surface area (Å²) in [5.41, 5.74) is 0. The average Bonchev–Trinajstić information content (AvgIpc) is 2.16. The van der Waals surface area contributed by atoms with Crippen LogP contribution in [0, 0.1) is 0 Å². The highest BCUT2D eigenvalue weighted by molar-refractivity contribution is 7.80. The number of amides is 1. The van der Waals surface area contributed by atoms with Crippen LogP contribution in [-0.4, -0.2) is 56.5 Å². The van der Waals surface area contributed by atoms with Crippen LogP contribution >= 0.6 is 12.6 Å². The molecule has 0 fully saturated rings. The lowest BCUT2D eigenvalue weighted by Gasteiger charge is -2.18. The minimum absolute atomic E-state index is 0.0319. The molecule has 0 aromatic rings. The zero-order valence-electron chi connectivity index (χ0n) is 9.12. The molecule has 0 bridgehead atoms. The second-order valence-electron chi connectivity index (χ2n) is 3.27. The van der Waals surface area contributed by atoms with E-state index in [0.29, 0.717) is 25.5 Å². The Morgan fingerprint density at radius 3 is 2.64 bits per heavy atom. The maximum absolute atomic E-state index is 11.4. The largest absolute Gasteiger partial charge is 0.379 e. The number of rotatable bonds is 7. The number of hydrogen-bond acceptors (Lipinski definition) is 4. The maximum atomic E-state index is 11.4. The average molecular weight is 220 g/mol. The van der Waals surface area contributed by atoms with Gasteiger partial charge in [0.2, 0.25) is 5.91 Å². The fraction of sp³-hybridized carbons (Fsp3) is 0.889. The number of hydrogen-bond donors (Lipinski definition) is 2. The van der Waals surface area contributed by atoms with Gasteiger partial charge in [-0.3, -0.25) is 9.69 Å². The van der Waals surface area contributed by atoms with E-state index in [2.05, 4.69) is 17.9 Å². The summed E-state index contributed by atoms with van der Waals surface area (Å²) in [7, 11) is 3.75. The van der Waals surface area contributed by atoms with E-state index >= 15 is 0 Å². The van der Waals surface area contributed by atoms with Crippen molar-refractivity contribution < 1.29 is 9.53 Å². The zero-order chi connectivity index (χ0) is 11.0. The molecule has 0 aliphatic heterocycles. The molecule has 0 aliphatic rings. The molecule has 0 rings (SSSR count). The van der Waals surface area contributed by atoms with Gasteiger partial charge in [-0.15, -0.1) is 0 Å². The van der Waals surface area contributed by atoms with Crippen LogP contribution in [0.1, 0.15) is 6.92 Å². The van der Waals surface area contributed by atoms with Gasteiger partial charge in [0.05, 0.1) is 19.3 Å². The van der Waals surface area contributed by atoms with Gasteiger partial charge < -0.3 is 10.1 Å². The number of thiol groups is 1. The predicted molar refractivity (Wildman–Crippen MR) is 60.8 cm³/mol. The second kappa shape index (κ2) is 8.08. The summed E-state index contributed by atoms with van der Waals surface area (Å²) in [6, 6.07) is -0.0973. The Morgan fingerprint density at radius 1 is 1.50 bits per heavy atom. The molecule has 1 atom stereocenters.